The van der Waals surface area contributed by atoms with E-state index in [0.717, 1.165) is 0 Å². The zero-order valence-corrected chi connectivity index (χ0v) is 10.6. The Morgan fingerprint density at radius 3 is 2.12 bits per heavy atom. The van der Waals surface area contributed by atoms with Gasteiger partial charge < -0.3 is 4.90 Å². The topological polar surface area (TPSA) is 63.5 Å². The standard InChI is InChI=1S/C7H7NO2.C5H11NO/c1-6-4-2-3-5-7(6)8(9)10;1-4-5(7)6(2)3/h2-5H,1H3;4H2,1-3H3. The summed E-state index contributed by atoms with van der Waals surface area (Å²) < 4.78 is 0. The van der Waals surface area contributed by atoms with E-state index in [1.54, 1.807) is 44.1 Å². The van der Waals surface area contributed by atoms with Crippen molar-refractivity contribution in [2.75, 3.05) is 14.1 Å². The van der Waals surface area contributed by atoms with E-state index >= 15 is 0 Å². The van der Waals surface area contributed by atoms with Crippen molar-refractivity contribution >= 4 is 11.6 Å². The molecule has 0 aliphatic carbocycles. The first-order valence-electron chi connectivity index (χ1n) is 5.30. The number of benzene rings is 1. The van der Waals surface area contributed by atoms with Gasteiger partial charge in [0.15, 0.2) is 0 Å². The smallest absolute Gasteiger partial charge is 0.272 e. The molecule has 1 aromatic rings. The van der Waals surface area contributed by atoms with Crippen LogP contribution in [0.15, 0.2) is 24.3 Å². The second kappa shape index (κ2) is 7.38. The van der Waals surface area contributed by atoms with Crippen molar-refractivity contribution in [3.63, 3.8) is 0 Å². The van der Waals surface area contributed by atoms with E-state index in [1.165, 1.54) is 6.07 Å². The van der Waals surface area contributed by atoms with Crippen LogP contribution in [0.1, 0.15) is 18.9 Å². The molecule has 0 heterocycles. The van der Waals surface area contributed by atoms with Crippen LogP contribution in [0.25, 0.3) is 0 Å². The van der Waals surface area contributed by atoms with Crippen molar-refractivity contribution in [1.82, 2.24) is 4.90 Å². The lowest BCUT2D eigenvalue weighted by Crippen LogP contribution is -2.19. The number of amides is 1. The van der Waals surface area contributed by atoms with Crippen LogP contribution in [-0.4, -0.2) is 29.8 Å². The first-order valence-corrected chi connectivity index (χ1v) is 5.30. The van der Waals surface area contributed by atoms with Gasteiger partial charge in [-0.25, -0.2) is 0 Å². The Morgan fingerprint density at radius 1 is 1.35 bits per heavy atom. The maximum absolute atomic E-state index is 10.4. The highest BCUT2D eigenvalue weighted by Gasteiger charge is 2.05. The molecule has 17 heavy (non-hydrogen) atoms. The van der Waals surface area contributed by atoms with Crippen molar-refractivity contribution in [1.29, 1.82) is 0 Å². The van der Waals surface area contributed by atoms with Crippen LogP contribution < -0.4 is 0 Å². The molecule has 0 unspecified atom stereocenters. The fourth-order valence-electron chi connectivity index (χ4n) is 1.08. The Balaban J connectivity index is 0.000000325. The number of hydrogen-bond donors (Lipinski definition) is 0. The molecule has 1 rings (SSSR count). The van der Waals surface area contributed by atoms with Crippen molar-refractivity contribution in [3.05, 3.63) is 39.9 Å². The fourth-order valence-corrected chi connectivity index (χ4v) is 1.08. The van der Waals surface area contributed by atoms with Crippen molar-refractivity contribution in [2.45, 2.75) is 20.3 Å². The predicted octanol–water partition coefficient (Wildman–Crippen LogP) is 2.39. The number of nitrogens with zero attached hydrogens (tertiary/aromatic N) is 2. The average molecular weight is 238 g/mol. The van der Waals surface area contributed by atoms with Crippen LogP contribution >= 0.6 is 0 Å². The molecule has 0 N–H and O–H groups in total. The zero-order valence-electron chi connectivity index (χ0n) is 10.6. The van der Waals surface area contributed by atoms with E-state index in [1.807, 2.05) is 6.92 Å². The molecule has 0 saturated carbocycles. The van der Waals surface area contributed by atoms with Crippen LogP contribution in [0.3, 0.4) is 0 Å². The molecule has 0 fully saturated rings. The number of hydrogen-bond acceptors (Lipinski definition) is 3. The van der Waals surface area contributed by atoms with Gasteiger partial charge >= 0.3 is 0 Å². The third-order valence-electron chi connectivity index (χ3n) is 2.11. The third kappa shape index (κ3) is 5.65. The van der Waals surface area contributed by atoms with E-state index in [9.17, 15) is 14.9 Å². The van der Waals surface area contributed by atoms with Gasteiger partial charge in [-0.15, -0.1) is 0 Å². The van der Waals surface area contributed by atoms with Crippen molar-refractivity contribution in [2.24, 2.45) is 0 Å². The van der Waals surface area contributed by atoms with E-state index in [-0.39, 0.29) is 16.5 Å². The molecule has 1 amide bonds. The number of carbonyl (C=O) groups is 1. The van der Waals surface area contributed by atoms with Crippen LogP contribution in [-0.2, 0) is 4.79 Å². The summed E-state index contributed by atoms with van der Waals surface area (Å²) in [5.41, 5.74) is 0.884. The second-order valence-electron chi connectivity index (χ2n) is 3.69. The largest absolute Gasteiger partial charge is 0.349 e. The summed E-state index contributed by atoms with van der Waals surface area (Å²) in [6.45, 7) is 3.57. The summed E-state index contributed by atoms with van der Waals surface area (Å²) in [6.07, 6.45) is 0.604. The molecule has 0 spiro atoms. The highest BCUT2D eigenvalue weighted by Crippen LogP contribution is 2.14. The molecular formula is C12H18N2O3. The highest BCUT2D eigenvalue weighted by atomic mass is 16.6. The van der Waals surface area contributed by atoms with Crippen LogP contribution in [0.5, 0.6) is 0 Å². The minimum Gasteiger partial charge on any atom is -0.349 e. The molecule has 94 valence electrons. The Morgan fingerprint density at radius 2 is 1.88 bits per heavy atom. The molecule has 5 heteroatoms. The van der Waals surface area contributed by atoms with E-state index in [0.29, 0.717) is 12.0 Å². The lowest BCUT2D eigenvalue weighted by molar-refractivity contribution is -0.385. The van der Waals surface area contributed by atoms with Crippen molar-refractivity contribution in [3.8, 4) is 0 Å². The summed E-state index contributed by atoms with van der Waals surface area (Å²) in [7, 11) is 3.51. The second-order valence-corrected chi connectivity index (χ2v) is 3.69. The van der Waals surface area contributed by atoms with Gasteiger partial charge in [0.25, 0.3) is 5.69 Å². The molecule has 0 bridgehead atoms. The summed E-state index contributed by atoms with van der Waals surface area (Å²) in [6, 6.07) is 6.65. The summed E-state index contributed by atoms with van der Waals surface area (Å²) in [4.78, 5) is 21.9. The molecule has 0 aromatic heterocycles. The molecule has 5 nitrogen and oxygen atoms in total. The zero-order chi connectivity index (χ0) is 13.4. The highest BCUT2D eigenvalue weighted by molar-refractivity contribution is 5.75. The summed E-state index contributed by atoms with van der Waals surface area (Å²) in [5, 5.41) is 10.2. The van der Waals surface area contributed by atoms with Crippen LogP contribution in [0.2, 0.25) is 0 Å². The quantitative estimate of drug-likeness (QED) is 0.587. The van der Waals surface area contributed by atoms with E-state index in [4.69, 9.17) is 0 Å². The Labute approximate surface area is 101 Å². The first-order chi connectivity index (χ1) is 7.90. The minimum atomic E-state index is -0.380. The lowest BCUT2D eigenvalue weighted by atomic mass is 10.2. The minimum absolute atomic E-state index is 0.181. The number of nitro benzene ring substituents is 1. The molecule has 0 aliphatic rings. The van der Waals surface area contributed by atoms with Gasteiger partial charge in [-0.05, 0) is 6.92 Å². The molecular weight excluding hydrogens is 220 g/mol. The molecule has 0 radical (unpaired) electrons. The Bertz CT molecular complexity index is 389. The molecule has 0 atom stereocenters. The van der Waals surface area contributed by atoms with Gasteiger partial charge in [-0.3, -0.25) is 14.9 Å². The number of para-hydroxylation sites is 1. The summed E-state index contributed by atoms with van der Waals surface area (Å²) in [5.74, 6) is 0.181. The molecule has 1 aromatic carbocycles. The van der Waals surface area contributed by atoms with Crippen molar-refractivity contribution < 1.29 is 9.72 Å². The van der Waals surface area contributed by atoms with Gasteiger partial charge in [0.2, 0.25) is 5.91 Å². The van der Waals surface area contributed by atoms with Gasteiger partial charge in [-0.1, -0.05) is 25.1 Å². The van der Waals surface area contributed by atoms with E-state index in [2.05, 4.69) is 0 Å². The van der Waals surface area contributed by atoms with Crippen LogP contribution in [0.4, 0.5) is 5.69 Å². The molecule has 0 aliphatic heterocycles. The first kappa shape index (κ1) is 15.1. The SMILES string of the molecule is CCC(=O)N(C)C.Cc1ccccc1[N+](=O)[O-]. The van der Waals surface area contributed by atoms with Gasteiger partial charge in [0.05, 0.1) is 4.92 Å². The maximum atomic E-state index is 10.4. The molecule has 0 saturated heterocycles. The number of rotatable bonds is 2. The maximum Gasteiger partial charge on any atom is 0.272 e. The fraction of sp³-hybridized carbons (Fsp3) is 0.417. The van der Waals surface area contributed by atoms with Crippen LogP contribution in [0, 0.1) is 17.0 Å². The third-order valence-corrected chi connectivity index (χ3v) is 2.11. The van der Waals surface area contributed by atoms with E-state index < -0.39 is 0 Å². The summed E-state index contributed by atoms with van der Waals surface area (Å²) >= 11 is 0. The Kier molecular flexibility index (Phi) is 6.55. The predicted molar refractivity (Wildman–Crippen MR) is 66.8 cm³/mol. The Hall–Kier alpha value is -1.91. The number of aryl methyl sites for hydroxylation is 1. The normalized spacial score (nSPS) is 8.94. The number of carbonyl (C=O) groups excluding carboxylic acids is 1. The lowest BCUT2D eigenvalue weighted by Gasteiger charge is -2.05. The number of nitro groups is 1. The average Bonchev–Trinajstić information content (AvgIpc) is 2.28. The van der Waals surface area contributed by atoms with Gasteiger partial charge in [0, 0.05) is 32.1 Å². The monoisotopic (exact) mass is 238 g/mol. The van der Waals surface area contributed by atoms with Gasteiger partial charge in [-0.2, -0.15) is 0 Å². The van der Waals surface area contributed by atoms with Gasteiger partial charge in [0.1, 0.15) is 0 Å².